The monoisotopic (exact) mass is 310 g/mol. The van der Waals surface area contributed by atoms with Gasteiger partial charge in [0, 0.05) is 18.1 Å². The van der Waals surface area contributed by atoms with Crippen molar-refractivity contribution in [2.24, 2.45) is 0 Å². The fourth-order valence-electron chi connectivity index (χ4n) is 1.21. The molecule has 1 aromatic carbocycles. The molecule has 0 aliphatic rings. The van der Waals surface area contributed by atoms with E-state index in [0.717, 1.165) is 0 Å². The van der Waals surface area contributed by atoms with Crippen LogP contribution in [0.1, 0.15) is 0 Å². The third kappa shape index (κ3) is 3.49. The van der Waals surface area contributed by atoms with Gasteiger partial charge in [0.15, 0.2) is 0 Å². The quantitative estimate of drug-likeness (QED) is 0.896. The topological polar surface area (TPSA) is 66.9 Å². The Morgan fingerprint density at radius 1 is 1.22 bits per heavy atom. The SMILES string of the molecule is O=C(Nc1cccc(F)c1)Nc1ncc(Br)cn1. The third-order valence-corrected chi connectivity index (χ3v) is 2.34. The van der Waals surface area contributed by atoms with Crippen molar-refractivity contribution in [3.63, 3.8) is 0 Å². The minimum atomic E-state index is -0.539. The molecule has 0 bridgehead atoms. The maximum Gasteiger partial charge on any atom is 0.326 e. The molecule has 0 atom stereocenters. The molecule has 2 amide bonds. The highest BCUT2D eigenvalue weighted by Crippen LogP contribution is 2.10. The lowest BCUT2D eigenvalue weighted by Gasteiger charge is -2.06. The van der Waals surface area contributed by atoms with E-state index in [1.165, 1.54) is 30.6 Å². The van der Waals surface area contributed by atoms with Gasteiger partial charge in [-0.15, -0.1) is 0 Å². The van der Waals surface area contributed by atoms with Gasteiger partial charge in [0.05, 0.1) is 4.47 Å². The van der Waals surface area contributed by atoms with Gasteiger partial charge in [0.2, 0.25) is 5.95 Å². The molecule has 0 aliphatic carbocycles. The largest absolute Gasteiger partial charge is 0.326 e. The Morgan fingerprint density at radius 2 is 1.94 bits per heavy atom. The van der Waals surface area contributed by atoms with Gasteiger partial charge in [-0.25, -0.2) is 19.2 Å². The lowest BCUT2D eigenvalue weighted by atomic mass is 10.3. The third-order valence-electron chi connectivity index (χ3n) is 1.93. The zero-order valence-electron chi connectivity index (χ0n) is 9.02. The first kappa shape index (κ1) is 12.4. The molecule has 1 heterocycles. The first-order valence-electron chi connectivity index (χ1n) is 4.94. The summed E-state index contributed by atoms with van der Waals surface area (Å²) in [7, 11) is 0. The van der Waals surface area contributed by atoms with Crippen molar-refractivity contribution in [2.45, 2.75) is 0 Å². The zero-order valence-corrected chi connectivity index (χ0v) is 10.6. The Labute approximate surface area is 111 Å². The number of hydrogen-bond donors (Lipinski definition) is 2. The number of halogens is 2. The van der Waals surface area contributed by atoms with Crippen molar-refractivity contribution >= 4 is 33.6 Å². The van der Waals surface area contributed by atoms with E-state index in [9.17, 15) is 9.18 Å². The van der Waals surface area contributed by atoms with E-state index < -0.39 is 11.8 Å². The fraction of sp³-hybridized carbons (Fsp3) is 0. The van der Waals surface area contributed by atoms with Crippen LogP contribution in [0.15, 0.2) is 41.1 Å². The molecule has 0 radical (unpaired) electrons. The molecule has 0 aliphatic heterocycles. The van der Waals surface area contributed by atoms with Gasteiger partial charge >= 0.3 is 6.03 Å². The maximum atomic E-state index is 12.9. The van der Waals surface area contributed by atoms with Crippen LogP contribution in [0.3, 0.4) is 0 Å². The molecule has 7 heteroatoms. The summed E-state index contributed by atoms with van der Waals surface area (Å²) in [4.78, 5) is 19.3. The molecule has 2 rings (SSSR count). The highest BCUT2D eigenvalue weighted by molar-refractivity contribution is 9.10. The molecular weight excluding hydrogens is 303 g/mol. The molecule has 5 nitrogen and oxygen atoms in total. The van der Waals surface area contributed by atoms with Crippen LogP contribution in [0.2, 0.25) is 0 Å². The van der Waals surface area contributed by atoms with Crippen LogP contribution < -0.4 is 10.6 Å². The van der Waals surface area contributed by atoms with Gasteiger partial charge in [0.25, 0.3) is 0 Å². The van der Waals surface area contributed by atoms with Crippen LogP contribution in [0.4, 0.5) is 20.8 Å². The van der Waals surface area contributed by atoms with Crippen LogP contribution in [0, 0.1) is 5.82 Å². The van der Waals surface area contributed by atoms with Gasteiger partial charge in [-0.05, 0) is 34.1 Å². The lowest BCUT2D eigenvalue weighted by molar-refractivity contribution is 0.262. The molecule has 18 heavy (non-hydrogen) atoms. The number of anilines is 2. The Balaban J connectivity index is 1.98. The summed E-state index contributed by atoms with van der Waals surface area (Å²) in [6.45, 7) is 0. The van der Waals surface area contributed by atoms with Gasteiger partial charge < -0.3 is 5.32 Å². The van der Waals surface area contributed by atoms with Crippen LogP contribution >= 0.6 is 15.9 Å². The highest BCUT2D eigenvalue weighted by Gasteiger charge is 2.04. The van der Waals surface area contributed by atoms with E-state index in [-0.39, 0.29) is 5.95 Å². The number of amides is 2. The van der Waals surface area contributed by atoms with Crippen molar-refractivity contribution in [1.82, 2.24) is 9.97 Å². The molecule has 0 unspecified atom stereocenters. The normalized spacial score (nSPS) is 9.89. The minimum Gasteiger partial charge on any atom is -0.308 e. The van der Waals surface area contributed by atoms with Crippen LogP contribution in [0.5, 0.6) is 0 Å². The van der Waals surface area contributed by atoms with E-state index in [1.54, 1.807) is 6.07 Å². The van der Waals surface area contributed by atoms with Gasteiger partial charge in [-0.2, -0.15) is 0 Å². The summed E-state index contributed by atoms with van der Waals surface area (Å²) < 4.78 is 13.6. The molecule has 1 aromatic heterocycles. The van der Waals surface area contributed by atoms with Crippen LogP contribution in [-0.2, 0) is 0 Å². The molecule has 2 aromatic rings. The van der Waals surface area contributed by atoms with Crippen molar-refractivity contribution in [3.8, 4) is 0 Å². The second-order valence-corrected chi connectivity index (χ2v) is 4.23. The second-order valence-electron chi connectivity index (χ2n) is 3.31. The van der Waals surface area contributed by atoms with E-state index in [2.05, 4.69) is 36.5 Å². The molecule has 0 saturated heterocycles. The molecular formula is C11H8BrFN4O. The number of carbonyl (C=O) groups excluding carboxylic acids is 1. The number of rotatable bonds is 2. The number of nitrogens with zero attached hydrogens (tertiary/aromatic N) is 2. The molecule has 2 N–H and O–H groups in total. The number of benzene rings is 1. The maximum absolute atomic E-state index is 12.9. The molecule has 92 valence electrons. The van der Waals surface area contributed by atoms with Gasteiger partial charge in [-0.3, -0.25) is 5.32 Å². The first-order chi connectivity index (χ1) is 8.63. The standard InChI is InChI=1S/C11H8BrFN4O/c12-7-5-14-10(15-6-7)17-11(18)16-9-3-1-2-8(13)4-9/h1-6H,(H2,14,15,16,17,18). The predicted molar refractivity (Wildman–Crippen MR) is 68.8 cm³/mol. The Kier molecular flexibility index (Phi) is 3.83. The average Bonchev–Trinajstić information content (AvgIpc) is 2.32. The summed E-state index contributed by atoms with van der Waals surface area (Å²) in [5, 5.41) is 4.89. The van der Waals surface area contributed by atoms with Crippen molar-refractivity contribution in [3.05, 3.63) is 46.9 Å². The van der Waals surface area contributed by atoms with Gasteiger partial charge in [-0.1, -0.05) is 6.07 Å². The molecule has 0 spiro atoms. The first-order valence-corrected chi connectivity index (χ1v) is 5.74. The van der Waals surface area contributed by atoms with E-state index in [1.807, 2.05) is 0 Å². The zero-order chi connectivity index (χ0) is 13.0. The summed E-state index contributed by atoms with van der Waals surface area (Å²) in [5.74, 6) is -0.264. The van der Waals surface area contributed by atoms with Crippen molar-refractivity contribution in [1.29, 1.82) is 0 Å². The summed E-state index contributed by atoms with van der Waals surface area (Å²) in [5.41, 5.74) is 0.351. The lowest BCUT2D eigenvalue weighted by Crippen LogP contribution is -2.20. The number of hydrogen-bond acceptors (Lipinski definition) is 3. The Bertz CT molecular complexity index is 561. The number of aromatic nitrogens is 2. The predicted octanol–water partition coefficient (Wildman–Crippen LogP) is 3.02. The van der Waals surface area contributed by atoms with E-state index in [0.29, 0.717) is 10.2 Å². The van der Waals surface area contributed by atoms with Crippen LogP contribution in [-0.4, -0.2) is 16.0 Å². The number of carbonyl (C=O) groups is 1. The fourth-order valence-corrected chi connectivity index (χ4v) is 1.41. The summed E-state index contributed by atoms with van der Waals surface area (Å²) in [6.07, 6.45) is 3.01. The Hall–Kier alpha value is -2.02. The minimum absolute atomic E-state index is 0.159. The average molecular weight is 311 g/mol. The smallest absolute Gasteiger partial charge is 0.308 e. The number of urea groups is 1. The van der Waals surface area contributed by atoms with E-state index >= 15 is 0 Å². The highest BCUT2D eigenvalue weighted by atomic mass is 79.9. The van der Waals surface area contributed by atoms with E-state index in [4.69, 9.17) is 0 Å². The van der Waals surface area contributed by atoms with Crippen molar-refractivity contribution < 1.29 is 9.18 Å². The number of nitrogens with one attached hydrogen (secondary N) is 2. The van der Waals surface area contributed by atoms with Crippen LogP contribution in [0.25, 0.3) is 0 Å². The molecule has 0 fully saturated rings. The molecule has 0 saturated carbocycles. The summed E-state index contributed by atoms with van der Waals surface area (Å²) >= 11 is 3.18. The Morgan fingerprint density at radius 3 is 2.61 bits per heavy atom. The van der Waals surface area contributed by atoms with Gasteiger partial charge in [0.1, 0.15) is 5.82 Å². The summed E-state index contributed by atoms with van der Waals surface area (Å²) in [6, 6.07) is 5.04. The van der Waals surface area contributed by atoms with Crippen molar-refractivity contribution in [2.75, 3.05) is 10.6 Å². The second kappa shape index (κ2) is 5.54.